The van der Waals surface area contributed by atoms with Gasteiger partial charge in [0.1, 0.15) is 0 Å². The average molecular weight is 299 g/mol. The molecule has 21 heavy (non-hydrogen) atoms. The van der Waals surface area contributed by atoms with Crippen molar-refractivity contribution in [1.29, 1.82) is 0 Å². The second kappa shape index (κ2) is 5.15. The first-order chi connectivity index (χ1) is 10.3. The topological polar surface area (TPSA) is 38.1 Å². The van der Waals surface area contributed by atoms with Crippen LogP contribution in [0.25, 0.3) is 6.08 Å². The first kappa shape index (κ1) is 12.8. The predicted molar refractivity (Wildman–Crippen MR) is 83.0 cm³/mol. The van der Waals surface area contributed by atoms with Crippen LogP contribution in [-0.2, 0) is 30.7 Å². The number of carbonyl (C=O) groups excluding carboxylic acids is 1. The van der Waals surface area contributed by atoms with Crippen molar-refractivity contribution in [3.63, 3.8) is 0 Å². The Hall–Kier alpha value is -1.88. The molecule has 0 atom stereocenters. The van der Waals surface area contributed by atoms with Gasteiger partial charge in [-0.2, -0.15) is 5.10 Å². The number of carbonyl (C=O) groups is 1. The zero-order chi connectivity index (χ0) is 14.2. The van der Waals surface area contributed by atoms with Crippen LogP contribution < -0.4 is 0 Å². The van der Waals surface area contributed by atoms with E-state index in [0.717, 1.165) is 30.8 Å². The molecule has 0 aromatic carbocycles. The quantitative estimate of drug-likeness (QED) is 0.799. The van der Waals surface area contributed by atoms with E-state index in [1.54, 1.807) is 17.4 Å². The molecule has 4 nitrogen and oxygen atoms in total. The van der Waals surface area contributed by atoms with Crippen LogP contribution in [0.2, 0.25) is 0 Å². The van der Waals surface area contributed by atoms with Crippen LogP contribution in [0.5, 0.6) is 0 Å². The fourth-order valence-corrected chi connectivity index (χ4v) is 3.80. The van der Waals surface area contributed by atoms with Crippen molar-refractivity contribution in [3.8, 4) is 0 Å². The van der Waals surface area contributed by atoms with E-state index in [2.05, 4.69) is 9.78 Å². The Labute approximate surface area is 127 Å². The molecule has 2 aromatic rings. The van der Waals surface area contributed by atoms with Gasteiger partial charge in [0.05, 0.1) is 24.5 Å². The number of aryl methyl sites for hydroxylation is 1. The molecular formula is C16H17N3OS. The highest BCUT2D eigenvalue weighted by Gasteiger charge is 2.27. The van der Waals surface area contributed by atoms with Gasteiger partial charge in [0, 0.05) is 17.5 Å². The third-order valence-corrected chi connectivity index (χ3v) is 5.09. The molecule has 1 aliphatic carbocycles. The lowest BCUT2D eigenvalue weighted by molar-refractivity contribution is -0.127. The normalized spacial score (nSPS) is 17.2. The Morgan fingerprint density at radius 1 is 1.33 bits per heavy atom. The van der Waals surface area contributed by atoms with Gasteiger partial charge >= 0.3 is 0 Å². The summed E-state index contributed by atoms with van der Waals surface area (Å²) in [6, 6.07) is 4.02. The van der Waals surface area contributed by atoms with Crippen molar-refractivity contribution in [2.75, 3.05) is 6.54 Å². The molecule has 1 aliphatic heterocycles. The maximum atomic E-state index is 12.3. The lowest BCUT2D eigenvalue weighted by Gasteiger charge is -2.27. The van der Waals surface area contributed by atoms with E-state index in [0.29, 0.717) is 6.54 Å². The molecule has 0 fully saturated rings. The number of amides is 1. The van der Waals surface area contributed by atoms with E-state index >= 15 is 0 Å². The van der Waals surface area contributed by atoms with Crippen molar-refractivity contribution >= 4 is 23.3 Å². The van der Waals surface area contributed by atoms with Gasteiger partial charge in [0.25, 0.3) is 0 Å². The lowest BCUT2D eigenvalue weighted by atomic mass is 10.1. The largest absolute Gasteiger partial charge is 0.331 e. The van der Waals surface area contributed by atoms with E-state index in [4.69, 9.17) is 0 Å². The van der Waals surface area contributed by atoms with E-state index in [1.807, 2.05) is 28.5 Å². The third-order valence-electron chi connectivity index (χ3n) is 4.26. The molecule has 2 aromatic heterocycles. The van der Waals surface area contributed by atoms with Gasteiger partial charge in [0.2, 0.25) is 5.91 Å². The van der Waals surface area contributed by atoms with Crippen molar-refractivity contribution in [1.82, 2.24) is 14.7 Å². The summed E-state index contributed by atoms with van der Waals surface area (Å²) in [5.74, 6) is 0.0996. The maximum Gasteiger partial charge on any atom is 0.247 e. The number of hydrogen-bond donors (Lipinski definition) is 0. The van der Waals surface area contributed by atoms with Crippen molar-refractivity contribution in [2.24, 2.45) is 0 Å². The van der Waals surface area contributed by atoms with Crippen LogP contribution in [0, 0.1) is 0 Å². The summed E-state index contributed by atoms with van der Waals surface area (Å²) in [4.78, 5) is 15.4. The number of rotatable bonds is 2. The zero-order valence-electron chi connectivity index (χ0n) is 11.8. The van der Waals surface area contributed by atoms with E-state index < -0.39 is 0 Å². The standard InChI is InChI=1S/C16H17N3OS/c20-16(7-6-12-3-2-10-21-12)18-8-9-19-15(11-18)13-4-1-5-14(13)17-19/h2-3,6-7,10H,1,4-5,8-9,11H2. The van der Waals surface area contributed by atoms with Crippen LogP contribution in [0.15, 0.2) is 23.6 Å². The number of fused-ring (bicyclic) bond motifs is 3. The summed E-state index contributed by atoms with van der Waals surface area (Å²) in [6.07, 6.45) is 7.03. The van der Waals surface area contributed by atoms with Crippen LogP contribution in [0.3, 0.4) is 0 Å². The van der Waals surface area contributed by atoms with Gasteiger partial charge in [-0.3, -0.25) is 9.48 Å². The molecular weight excluding hydrogens is 282 g/mol. The first-order valence-electron chi connectivity index (χ1n) is 7.39. The summed E-state index contributed by atoms with van der Waals surface area (Å²) < 4.78 is 2.11. The number of hydrogen-bond acceptors (Lipinski definition) is 3. The zero-order valence-corrected chi connectivity index (χ0v) is 12.6. The molecule has 0 saturated heterocycles. The van der Waals surface area contributed by atoms with E-state index in [-0.39, 0.29) is 5.91 Å². The van der Waals surface area contributed by atoms with E-state index in [1.165, 1.54) is 23.4 Å². The second-order valence-electron chi connectivity index (χ2n) is 5.56. The van der Waals surface area contributed by atoms with Gasteiger partial charge in [-0.05, 0) is 42.3 Å². The van der Waals surface area contributed by atoms with Crippen molar-refractivity contribution in [2.45, 2.75) is 32.4 Å². The molecule has 1 amide bonds. The average Bonchev–Trinajstić information content (AvgIpc) is 3.20. The summed E-state index contributed by atoms with van der Waals surface area (Å²) in [7, 11) is 0. The number of aromatic nitrogens is 2. The van der Waals surface area contributed by atoms with Crippen LogP contribution in [0.1, 0.15) is 28.2 Å². The minimum atomic E-state index is 0.0996. The molecule has 0 radical (unpaired) electrons. The smallest absolute Gasteiger partial charge is 0.247 e. The van der Waals surface area contributed by atoms with Crippen molar-refractivity contribution < 1.29 is 4.79 Å². The molecule has 5 heteroatoms. The Kier molecular flexibility index (Phi) is 3.15. The van der Waals surface area contributed by atoms with Gasteiger partial charge in [-0.1, -0.05) is 6.07 Å². The minimum absolute atomic E-state index is 0.0996. The van der Waals surface area contributed by atoms with Crippen LogP contribution in [0.4, 0.5) is 0 Å². The highest BCUT2D eigenvalue weighted by Crippen LogP contribution is 2.27. The number of thiophene rings is 1. The molecule has 0 unspecified atom stereocenters. The Balaban J connectivity index is 1.51. The Bertz CT molecular complexity index is 699. The summed E-state index contributed by atoms with van der Waals surface area (Å²) in [6.45, 7) is 2.28. The highest BCUT2D eigenvalue weighted by molar-refractivity contribution is 7.10. The molecule has 4 rings (SSSR count). The minimum Gasteiger partial charge on any atom is -0.331 e. The maximum absolute atomic E-state index is 12.3. The Morgan fingerprint density at radius 2 is 2.29 bits per heavy atom. The molecule has 0 saturated carbocycles. The molecule has 0 N–H and O–H groups in total. The summed E-state index contributed by atoms with van der Waals surface area (Å²) in [5.41, 5.74) is 3.91. The molecule has 2 aliphatic rings. The van der Waals surface area contributed by atoms with E-state index in [9.17, 15) is 4.79 Å². The summed E-state index contributed by atoms with van der Waals surface area (Å²) >= 11 is 1.65. The van der Waals surface area contributed by atoms with Gasteiger partial charge in [-0.15, -0.1) is 11.3 Å². The highest BCUT2D eigenvalue weighted by atomic mass is 32.1. The molecule has 108 valence electrons. The fraction of sp³-hybridized carbons (Fsp3) is 0.375. The van der Waals surface area contributed by atoms with Gasteiger partial charge in [-0.25, -0.2) is 0 Å². The first-order valence-corrected chi connectivity index (χ1v) is 8.27. The monoisotopic (exact) mass is 299 g/mol. The molecule has 3 heterocycles. The Morgan fingerprint density at radius 3 is 3.14 bits per heavy atom. The molecule has 0 spiro atoms. The lowest BCUT2D eigenvalue weighted by Crippen LogP contribution is -2.37. The summed E-state index contributed by atoms with van der Waals surface area (Å²) in [5, 5.41) is 6.69. The second-order valence-corrected chi connectivity index (χ2v) is 6.54. The van der Waals surface area contributed by atoms with Gasteiger partial charge in [0.15, 0.2) is 0 Å². The van der Waals surface area contributed by atoms with Crippen LogP contribution in [-0.4, -0.2) is 27.1 Å². The number of nitrogens with zero attached hydrogens (tertiary/aromatic N) is 3. The predicted octanol–water partition coefficient (Wildman–Crippen LogP) is 2.49. The third kappa shape index (κ3) is 2.31. The SMILES string of the molecule is O=C(C=Cc1cccs1)N1CCn2nc3c(c2C1)CCC3. The van der Waals surface area contributed by atoms with Crippen LogP contribution >= 0.6 is 11.3 Å². The van der Waals surface area contributed by atoms with Gasteiger partial charge < -0.3 is 4.90 Å². The fourth-order valence-electron chi connectivity index (χ4n) is 3.18. The van der Waals surface area contributed by atoms with Crippen molar-refractivity contribution in [3.05, 3.63) is 45.4 Å². The molecule has 0 bridgehead atoms.